The number of aryl methyl sites for hydroxylation is 2. The van der Waals surface area contributed by atoms with E-state index in [1.54, 1.807) is 26.0 Å². The zero-order chi connectivity index (χ0) is 18.7. The topological polar surface area (TPSA) is 86.9 Å². The highest BCUT2D eigenvalue weighted by molar-refractivity contribution is 7.92. The molecular formula is C19H22N4O2S. The second kappa shape index (κ2) is 7.21. The lowest BCUT2D eigenvalue weighted by molar-refractivity contribution is 0.600. The van der Waals surface area contributed by atoms with Gasteiger partial charge in [0.15, 0.2) is 0 Å². The first-order chi connectivity index (χ1) is 12.4. The van der Waals surface area contributed by atoms with E-state index in [9.17, 15) is 8.42 Å². The predicted molar refractivity (Wildman–Crippen MR) is 104 cm³/mol. The molecule has 3 N–H and O–H groups in total. The Balaban J connectivity index is 1.72. The summed E-state index contributed by atoms with van der Waals surface area (Å²) in [6.07, 6.45) is 0. The van der Waals surface area contributed by atoms with Crippen LogP contribution in [-0.4, -0.2) is 18.6 Å². The van der Waals surface area contributed by atoms with Gasteiger partial charge in [-0.05, 0) is 50.6 Å². The molecule has 6 nitrogen and oxygen atoms in total. The maximum atomic E-state index is 12.6. The Morgan fingerprint density at radius 1 is 0.962 bits per heavy atom. The standard InChI is InChI=1S/C19H22N4O2S/c1-13(16-7-5-4-6-8-16)20-17-9-11-18(12-10-17)23-26(24,25)19-14(2)21-22-15(19)3/h4-13,20,23H,1-3H3,(H,21,22). The summed E-state index contributed by atoms with van der Waals surface area (Å²) in [5, 5.41) is 10.0. The smallest absolute Gasteiger partial charge is 0.265 e. The van der Waals surface area contributed by atoms with Crippen molar-refractivity contribution < 1.29 is 8.42 Å². The second-order valence-corrected chi connectivity index (χ2v) is 7.84. The number of sulfonamides is 1. The van der Waals surface area contributed by atoms with Gasteiger partial charge in [0, 0.05) is 17.4 Å². The number of benzene rings is 2. The van der Waals surface area contributed by atoms with Crippen LogP contribution in [-0.2, 0) is 10.0 Å². The molecule has 0 aliphatic rings. The van der Waals surface area contributed by atoms with Crippen LogP contribution in [0.2, 0.25) is 0 Å². The summed E-state index contributed by atoms with van der Waals surface area (Å²) in [5.41, 5.74) is 3.57. The van der Waals surface area contributed by atoms with Crippen LogP contribution in [0.25, 0.3) is 0 Å². The van der Waals surface area contributed by atoms with E-state index in [1.807, 2.05) is 30.3 Å². The molecule has 1 unspecified atom stereocenters. The van der Waals surface area contributed by atoms with Gasteiger partial charge in [-0.1, -0.05) is 30.3 Å². The van der Waals surface area contributed by atoms with Gasteiger partial charge in [0.05, 0.1) is 11.4 Å². The van der Waals surface area contributed by atoms with Crippen LogP contribution in [0.5, 0.6) is 0 Å². The number of H-pyrrole nitrogens is 1. The van der Waals surface area contributed by atoms with Crippen molar-refractivity contribution in [3.05, 3.63) is 71.5 Å². The molecule has 0 aliphatic heterocycles. The van der Waals surface area contributed by atoms with Crippen molar-refractivity contribution in [1.29, 1.82) is 0 Å². The minimum Gasteiger partial charge on any atom is -0.379 e. The van der Waals surface area contributed by atoms with Gasteiger partial charge < -0.3 is 5.32 Å². The lowest BCUT2D eigenvalue weighted by Gasteiger charge is -2.16. The van der Waals surface area contributed by atoms with Crippen molar-refractivity contribution >= 4 is 21.4 Å². The summed E-state index contributed by atoms with van der Waals surface area (Å²) in [6, 6.07) is 17.5. The lowest BCUT2D eigenvalue weighted by Crippen LogP contribution is -2.14. The van der Waals surface area contributed by atoms with Crippen LogP contribution in [0.15, 0.2) is 59.5 Å². The molecule has 0 fully saturated rings. The van der Waals surface area contributed by atoms with E-state index in [0.717, 1.165) is 5.69 Å². The number of hydrogen-bond acceptors (Lipinski definition) is 4. The monoisotopic (exact) mass is 370 g/mol. The van der Waals surface area contributed by atoms with Crippen LogP contribution in [0.4, 0.5) is 11.4 Å². The van der Waals surface area contributed by atoms with Crippen LogP contribution in [0, 0.1) is 13.8 Å². The van der Waals surface area contributed by atoms with E-state index >= 15 is 0 Å². The molecule has 0 radical (unpaired) electrons. The molecule has 1 heterocycles. The van der Waals surface area contributed by atoms with Crippen LogP contribution in [0.1, 0.15) is 29.9 Å². The van der Waals surface area contributed by atoms with E-state index in [0.29, 0.717) is 17.1 Å². The summed E-state index contributed by atoms with van der Waals surface area (Å²) in [5.74, 6) is 0. The molecular weight excluding hydrogens is 348 g/mol. The molecule has 0 bridgehead atoms. The fraction of sp³-hybridized carbons (Fsp3) is 0.211. The largest absolute Gasteiger partial charge is 0.379 e. The Labute approximate surface area is 153 Å². The van der Waals surface area contributed by atoms with E-state index in [-0.39, 0.29) is 10.9 Å². The Morgan fingerprint density at radius 2 is 1.58 bits per heavy atom. The van der Waals surface area contributed by atoms with Crippen molar-refractivity contribution in [2.45, 2.75) is 31.7 Å². The summed E-state index contributed by atoms with van der Waals surface area (Å²) in [6.45, 7) is 5.43. The molecule has 26 heavy (non-hydrogen) atoms. The highest BCUT2D eigenvalue weighted by atomic mass is 32.2. The third kappa shape index (κ3) is 3.88. The van der Waals surface area contributed by atoms with Crippen molar-refractivity contribution in [2.24, 2.45) is 0 Å². The lowest BCUT2D eigenvalue weighted by atomic mass is 10.1. The second-order valence-electron chi connectivity index (χ2n) is 6.22. The molecule has 7 heteroatoms. The zero-order valence-electron chi connectivity index (χ0n) is 14.9. The number of nitrogens with one attached hydrogen (secondary N) is 3. The quantitative estimate of drug-likeness (QED) is 0.612. The van der Waals surface area contributed by atoms with Crippen molar-refractivity contribution in [3.63, 3.8) is 0 Å². The summed E-state index contributed by atoms with van der Waals surface area (Å²) in [7, 11) is -3.67. The molecule has 1 aromatic heterocycles. The first-order valence-electron chi connectivity index (χ1n) is 8.33. The molecule has 0 spiro atoms. The maximum Gasteiger partial charge on any atom is 0.265 e. The molecule has 0 saturated heterocycles. The van der Waals surface area contributed by atoms with Crippen LogP contribution in [0.3, 0.4) is 0 Å². The predicted octanol–water partition coefficient (Wildman–Crippen LogP) is 4.00. The van der Waals surface area contributed by atoms with Gasteiger partial charge in [-0.3, -0.25) is 9.82 Å². The fourth-order valence-electron chi connectivity index (χ4n) is 2.85. The van der Waals surface area contributed by atoms with E-state index < -0.39 is 10.0 Å². The first-order valence-corrected chi connectivity index (χ1v) is 9.81. The SMILES string of the molecule is Cc1n[nH]c(C)c1S(=O)(=O)Nc1ccc(NC(C)c2ccccc2)cc1. The minimum atomic E-state index is -3.67. The van der Waals surface area contributed by atoms with Gasteiger partial charge in [-0.25, -0.2) is 8.42 Å². The average molecular weight is 370 g/mol. The zero-order valence-corrected chi connectivity index (χ0v) is 15.8. The molecule has 3 rings (SSSR count). The first kappa shape index (κ1) is 18.0. The fourth-order valence-corrected chi connectivity index (χ4v) is 4.28. The Morgan fingerprint density at radius 3 is 2.15 bits per heavy atom. The Bertz CT molecular complexity index is 961. The van der Waals surface area contributed by atoms with Gasteiger partial charge in [-0.15, -0.1) is 0 Å². The van der Waals surface area contributed by atoms with Gasteiger partial charge >= 0.3 is 0 Å². The highest BCUT2D eigenvalue weighted by Crippen LogP contribution is 2.24. The number of aromatic amines is 1. The summed E-state index contributed by atoms with van der Waals surface area (Å²) >= 11 is 0. The number of nitrogens with zero attached hydrogens (tertiary/aromatic N) is 1. The van der Waals surface area contributed by atoms with Gasteiger partial charge in [-0.2, -0.15) is 5.10 Å². The highest BCUT2D eigenvalue weighted by Gasteiger charge is 2.22. The van der Waals surface area contributed by atoms with Crippen LogP contribution >= 0.6 is 0 Å². The van der Waals surface area contributed by atoms with Crippen molar-refractivity contribution in [2.75, 3.05) is 10.0 Å². The third-order valence-corrected chi connectivity index (χ3v) is 5.79. The number of hydrogen-bond donors (Lipinski definition) is 3. The number of aromatic nitrogens is 2. The molecule has 0 aliphatic carbocycles. The number of anilines is 2. The Hall–Kier alpha value is -2.80. The minimum absolute atomic E-state index is 0.148. The van der Waals surface area contributed by atoms with E-state index in [2.05, 4.69) is 39.3 Å². The Kier molecular flexibility index (Phi) is 4.99. The summed E-state index contributed by atoms with van der Waals surface area (Å²) in [4.78, 5) is 0.192. The van der Waals surface area contributed by atoms with Crippen LogP contribution < -0.4 is 10.0 Å². The van der Waals surface area contributed by atoms with Gasteiger partial charge in [0.2, 0.25) is 0 Å². The van der Waals surface area contributed by atoms with Crippen molar-refractivity contribution in [3.8, 4) is 0 Å². The normalized spacial score (nSPS) is 12.6. The molecule has 0 amide bonds. The maximum absolute atomic E-state index is 12.6. The molecule has 2 aromatic carbocycles. The van der Waals surface area contributed by atoms with Gasteiger partial charge in [0.1, 0.15) is 4.90 Å². The third-order valence-electron chi connectivity index (χ3n) is 4.15. The van der Waals surface area contributed by atoms with Crippen molar-refractivity contribution in [1.82, 2.24) is 10.2 Å². The van der Waals surface area contributed by atoms with Gasteiger partial charge in [0.25, 0.3) is 10.0 Å². The molecule has 136 valence electrons. The average Bonchev–Trinajstić information content (AvgIpc) is 2.96. The van der Waals surface area contributed by atoms with E-state index in [4.69, 9.17) is 0 Å². The molecule has 0 saturated carbocycles. The van der Waals surface area contributed by atoms with E-state index in [1.165, 1.54) is 5.56 Å². The number of rotatable bonds is 6. The molecule has 1 atom stereocenters. The summed E-state index contributed by atoms with van der Waals surface area (Å²) < 4.78 is 27.7. The molecule has 3 aromatic rings.